The van der Waals surface area contributed by atoms with Crippen LogP contribution >= 0.6 is 0 Å². The Labute approximate surface area is 142 Å². The summed E-state index contributed by atoms with van der Waals surface area (Å²) in [7, 11) is 0. The van der Waals surface area contributed by atoms with Crippen LogP contribution in [0.2, 0.25) is 0 Å². The molecule has 2 amide bonds. The second kappa shape index (κ2) is 4.92. The van der Waals surface area contributed by atoms with E-state index in [4.69, 9.17) is 0 Å². The summed E-state index contributed by atoms with van der Waals surface area (Å²) < 4.78 is 0. The Hall–Kier alpha value is -2.16. The van der Waals surface area contributed by atoms with E-state index in [1.54, 1.807) is 0 Å². The third kappa shape index (κ3) is 1.68. The molecule has 4 atom stereocenters. The summed E-state index contributed by atoms with van der Waals surface area (Å²) in [5, 5.41) is 0. The molecule has 0 radical (unpaired) electrons. The fraction of sp³-hybridized carbons (Fsp3) is 0.429. The lowest BCUT2D eigenvalue weighted by molar-refractivity contribution is -0.122. The fourth-order valence-corrected chi connectivity index (χ4v) is 5.38. The molecule has 2 bridgehead atoms. The summed E-state index contributed by atoms with van der Waals surface area (Å²) in [4.78, 5) is 27.8. The summed E-state index contributed by atoms with van der Waals surface area (Å²) in [5.74, 6) is 0.00189. The zero-order chi connectivity index (χ0) is 16.4. The maximum Gasteiger partial charge on any atom is 0.238 e. The zero-order valence-electron chi connectivity index (χ0n) is 13.9. The predicted octanol–water partition coefficient (Wildman–Crippen LogP) is 3.79. The van der Waals surface area contributed by atoms with Crippen molar-refractivity contribution in [3.05, 3.63) is 53.1 Å². The minimum absolute atomic E-state index is 0.00671. The van der Waals surface area contributed by atoms with Crippen molar-refractivity contribution in [2.45, 2.75) is 32.6 Å². The van der Waals surface area contributed by atoms with E-state index >= 15 is 0 Å². The molecule has 0 N–H and O–H groups in total. The molecule has 1 heterocycles. The van der Waals surface area contributed by atoms with E-state index in [1.165, 1.54) is 28.9 Å². The van der Waals surface area contributed by atoms with Crippen LogP contribution in [0.3, 0.4) is 0 Å². The number of allylic oxidation sites excluding steroid dienone is 4. The third-order valence-electron chi connectivity index (χ3n) is 6.39. The number of nitrogens with zero attached hydrogens (tertiary/aromatic N) is 1. The Morgan fingerprint density at radius 3 is 2.08 bits per heavy atom. The molecule has 2 saturated carbocycles. The van der Waals surface area contributed by atoms with E-state index in [2.05, 4.69) is 12.2 Å². The molecule has 3 aliphatic carbocycles. The first kappa shape index (κ1) is 14.2. The number of para-hydroxylation sites is 1. The molecule has 0 spiro atoms. The molecular weight excluding hydrogens is 298 g/mol. The molecule has 0 unspecified atom stereocenters. The van der Waals surface area contributed by atoms with E-state index in [0.717, 1.165) is 24.1 Å². The van der Waals surface area contributed by atoms with Crippen LogP contribution in [0.25, 0.3) is 0 Å². The van der Waals surface area contributed by atoms with Gasteiger partial charge in [0.25, 0.3) is 0 Å². The summed E-state index contributed by atoms with van der Waals surface area (Å²) in [6.07, 6.45) is 9.22. The van der Waals surface area contributed by atoms with E-state index < -0.39 is 0 Å². The van der Waals surface area contributed by atoms with E-state index in [0.29, 0.717) is 0 Å². The number of amides is 2. The third-order valence-corrected chi connectivity index (χ3v) is 6.39. The van der Waals surface area contributed by atoms with Crippen molar-refractivity contribution in [2.75, 3.05) is 4.90 Å². The summed E-state index contributed by atoms with van der Waals surface area (Å²) >= 11 is 0. The molecule has 24 heavy (non-hydrogen) atoms. The minimum atomic E-state index is -0.171. The van der Waals surface area contributed by atoms with Gasteiger partial charge in [0.05, 0.1) is 17.5 Å². The lowest BCUT2D eigenvalue weighted by atomic mass is 9.85. The van der Waals surface area contributed by atoms with Crippen LogP contribution in [0.4, 0.5) is 5.69 Å². The molecule has 5 rings (SSSR count). The Morgan fingerprint density at radius 2 is 1.50 bits per heavy atom. The number of carbonyl (C=O) groups is 2. The second-order valence-electron chi connectivity index (χ2n) is 7.55. The van der Waals surface area contributed by atoms with E-state index in [-0.39, 0.29) is 35.5 Å². The number of hydrogen-bond donors (Lipinski definition) is 0. The average Bonchev–Trinajstić information content (AvgIpc) is 3.32. The highest BCUT2D eigenvalue weighted by molar-refractivity contribution is 6.23. The van der Waals surface area contributed by atoms with Crippen LogP contribution in [0, 0.1) is 30.6 Å². The highest BCUT2D eigenvalue weighted by Gasteiger charge is 2.62. The number of anilines is 1. The van der Waals surface area contributed by atoms with Crippen molar-refractivity contribution >= 4 is 17.5 Å². The number of rotatable bonds is 1. The van der Waals surface area contributed by atoms with Crippen LogP contribution in [0.5, 0.6) is 0 Å². The first-order valence-electron chi connectivity index (χ1n) is 9.02. The second-order valence-corrected chi connectivity index (χ2v) is 7.55. The number of fused-ring (bicyclic) bond motifs is 5. The van der Waals surface area contributed by atoms with Crippen molar-refractivity contribution in [2.24, 2.45) is 23.7 Å². The van der Waals surface area contributed by atoms with Gasteiger partial charge in [-0.2, -0.15) is 0 Å². The van der Waals surface area contributed by atoms with Gasteiger partial charge in [0.2, 0.25) is 11.8 Å². The summed E-state index contributed by atoms with van der Waals surface area (Å²) in [6, 6.07) is 7.69. The molecule has 3 heteroatoms. The maximum atomic E-state index is 13.1. The van der Waals surface area contributed by atoms with Crippen LogP contribution in [0.1, 0.15) is 31.2 Å². The smallest absolute Gasteiger partial charge is 0.238 e. The summed E-state index contributed by atoms with van der Waals surface area (Å²) in [5.41, 5.74) is 4.70. The molecular formula is C21H21NO2. The van der Waals surface area contributed by atoms with E-state index in [1.807, 2.05) is 31.2 Å². The SMILES string of the molecule is Cc1ccccc1N1C(=O)[C@@H]2[C@H](C1=O)[C@H]1C=C[C@H]2C1=C1CCCC1. The van der Waals surface area contributed by atoms with Gasteiger partial charge in [0.1, 0.15) is 0 Å². The van der Waals surface area contributed by atoms with Crippen LogP contribution in [0.15, 0.2) is 47.6 Å². The van der Waals surface area contributed by atoms with E-state index in [9.17, 15) is 9.59 Å². The standard InChI is InChI=1S/C21H21NO2/c1-12-6-2-5-9-16(12)22-20(23)18-14-10-11-15(19(18)21(22)24)17(14)13-7-3-4-8-13/h2,5-6,9-11,14-15,18-19H,3-4,7-8H2,1H3/t14-,15-,18-,19+/m0/s1. The Morgan fingerprint density at radius 1 is 0.917 bits per heavy atom. The molecule has 1 aromatic rings. The normalized spacial score (nSPS) is 34.0. The monoisotopic (exact) mass is 319 g/mol. The van der Waals surface area contributed by atoms with Gasteiger partial charge in [-0.3, -0.25) is 9.59 Å². The highest BCUT2D eigenvalue weighted by atomic mass is 16.2. The largest absolute Gasteiger partial charge is 0.274 e. The van der Waals surface area contributed by atoms with Crippen molar-refractivity contribution < 1.29 is 9.59 Å². The van der Waals surface area contributed by atoms with Crippen molar-refractivity contribution in [1.82, 2.24) is 0 Å². The molecule has 1 saturated heterocycles. The van der Waals surface area contributed by atoms with Crippen molar-refractivity contribution in [3.8, 4) is 0 Å². The van der Waals surface area contributed by atoms with Gasteiger partial charge in [0.15, 0.2) is 0 Å². The molecule has 4 aliphatic rings. The first-order chi connectivity index (χ1) is 11.7. The lowest BCUT2D eigenvalue weighted by Crippen LogP contribution is -2.33. The molecule has 122 valence electrons. The molecule has 3 fully saturated rings. The Bertz CT molecular complexity index is 777. The lowest BCUT2D eigenvalue weighted by Gasteiger charge is -2.21. The topological polar surface area (TPSA) is 37.4 Å². The highest BCUT2D eigenvalue weighted by Crippen LogP contribution is 2.58. The van der Waals surface area contributed by atoms with Gasteiger partial charge in [-0.25, -0.2) is 4.90 Å². The number of imide groups is 1. The number of aryl methyl sites for hydroxylation is 1. The Kier molecular flexibility index (Phi) is 2.91. The number of carbonyl (C=O) groups excluding carboxylic acids is 2. The zero-order valence-corrected chi connectivity index (χ0v) is 13.9. The molecule has 0 aromatic heterocycles. The quantitative estimate of drug-likeness (QED) is 0.583. The number of benzene rings is 1. The predicted molar refractivity (Wildman–Crippen MR) is 92.3 cm³/mol. The fourth-order valence-electron chi connectivity index (χ4n) is 5.38. The van der Waals surface area contributed by atoms with Crippen molar-refractivity contribution in [3.63, 3.8) is 0 Å². The summed E-state index contributed by atoms with van der Waals surface area (Å²) in [6.45, 7) is 1.96. The average molecular weight is 319 g/mol. The minimum Gasteiger partial charge on any atom is -0.274 e. The van der Waals surface area contributed by atoms with Gasteiger partial charge >= 0.3 is 0 Å². The van der Waals surface area contributed by atoms with Gasteiger partial charge < -0.3 is 0 Å². The van der Waals surface area contributed by atoms with Crippen LogP contribution in [-0.4, -0.2) is 11.8 Å². The van der Waals surface area contributed by atoms with Crippen LogP contribution < -0.4 is 4.90 Å². The maximum absolute atomic E-state index is 13.1. The molecule has 3 nitrogen and oxygen atoms in total. The van der Waals surface area contributed by atoms with Gasteiger partial charge in [-0.15, -0.1) is 0 Å². The van der Waals surface area contributed by atoms with Crippen molar-refractivity contribution in [1.29, 1.82) is 0 Å². The van der Waals surface area contributed by atoms with Gasteiger partial charge in [-0.05, 0) is 44.2 Å². The first-order valence-corrected chi connectivity index (χ1v) is 9.02. The van der Waals surface area contributed by atoms with Crippen LogP contribution in [-0.2, 0) is 9.59 Å². The van der Waals surface area contributed by atoms with Gasteiger partial charge in [0, 0.05) is 11.8 Å². The Balaban J connectivity index is 1.57. The molecule has 1 aromatic carbocycles. The van der Waals surface area contributed by atoms with Gasteiger partial charge in [-0.1, -0.05) is 41.5 Å². The molecule has 1 aliphatic heterocycles. The number of hydrogen-bond acceptors (Lipinski definition) is 2.